The van der Waals surface area contributed by atoms with E-state index in [9.17, 15) is 35.4 Å². The zero-order valence-corrected chi connectivity index (χ0v) is 32.4. The highest BCUT2D eigenvalue weighted by molar-refractivity contribution is 5.82. The molecule has 0 spiro atoms. The largest absolute Gasteiger partial charge is 0.394 e. The Bertz CT molecular complexity index is 969. The summed E-state index contributed by atoms with van der Waals surface area (Å²) < 4.78 is 11.1. The highest BCUT2D eigenvalue weighted by Crippen LogP contribution is 2.23. The van der Waals surface area contributed by atoms with Crippen molar-refractivity contribution in [2.24, 2.45) is 0 Å². The fourth-order valence-corrected chi connectivity index (χ4v) is 6.23. The minimum atomic E-state index is -1.61. The first kappa shape index (κ1) is 48.1. The molecule has 8 atom stereocenters. The van der Waals surface area contributed by atoms with Gasteiger partial charge in [0.25, 0.3) is 5.91 Å². The Kier molecular flexibility index (Phi) is 30.1. The smallest absolute Gasteiger partial charge is 0.253 e. The molecule has 8 unspecified atom stereocenters. The summed E-state index contributed by atoms with van der Waals surface area (Å²) in [7, 11) is 0. The topological polar surface area (TPSA) is 169 Å². The van der Waals surface area contributed by atoms with Crippen LogP contribution >= 0.6 is 0 Å². The van der Waals surface area contributed by atoms with E-state index in [1.807, 2.05) is 18.2 Å². The van der Waals surface area contributed by atoms with Gasteiger partial charge in [0.15, 0.2) is 12.4 Å². The Labute approximate surface area is 315 Å². The number of nitrogens with one attached hydrogen (secondary N) is 1. The van der Waals surface area contributed by atoms with Gasteiger partial charge in [0.2, 0.25) is 0 Å². The third kappa shape index (κ3) is 23.0. The van der Waals surface area contributed by atoms with Crippen LogP contribution < -0.4 is 5.32 Å². The molecule has 1 aliphatic heterocycles. The zero-order valence-electron chi connectivity index (χ0n) is 32.4. The lowest BCUT2D eigenvalue weighted by atomic mass is 9.99. The lowest BCUT2D eigenvalue weighted by Crippen LogP contribution is -2.60. The second kappa shape index (κ2) is 32.5. The van der Waals surface area contributed by atoms with Gasteiger partial charge in [-0.2, -0.15) is 0 Å². The third-order valence-electron chi connectivity index (χ3n) is 9.64. The number of hydrogen-bond acceptors (Lipinski definition) is 9. The SMILES string of the molecule is CCCC=CC=CC=CC=CC(O)C(=O)NC(COC1OC(CO)C(O)C(O)C1O)C(O)CCCCCCCCCCCCCCCCCCCC. The number of aliphatic hydroxyl groups excluding tert-OH is 6. The highest BCUT2D eigenvalue weighted by atomic mass is 16.7. The minimum absolute atomic E-state index is 0.304. The van der Waals surface area contributed by atoms with Crippen LogP contribution in [0, 0.1) is 0 Å². The fraction of sp³-hybridized carbons (Fsp3) is 0.786. The van der Waals surface area contributed by atoms with E-state index in [0.29, 0.717) is 6.42 Å². The lowest BCUT2D eigenvalue weighted by molar-refractivity contribution is -0.302. The molecule has 1 heterocycles. The van der Waals surface area contributed by atoms with E-state index in [0.717, 1.165) is 38.5 Å². The van der Waals surface area contributed by atoms with Gasteiger partial charge in [-0.05, 0) is 18.9 Å². The van der Waals surface area contributed by atoms with Crippen LogP contribution in [0.4, 0.5) is 0 Å². The van der Waals surface area contributed by atoms with Crippen molar-refractivity contribution in [1.82, 2.24) is 5.32 Å². The quantitative estimate of drug-likeness (QED) is 0.0303. The first-order valence-corrected chi connectivity index (χ1v) is 20.5. The first-order chi connectivity index (χ1) is 25.3. The minimum Gasteiger partial charge on any atom is -0.394 e. The number of ether oxygens (including phenoxy) is 2. The molecule has 0 aromatic heterocycles. The molecule has 10 nitrogen and oxygen atoms in total. The van der Waals surface area contributed by atoms with Crippen LogP contribution in [0.1, 0.15) is 149 Å². The van der Waals surface area contributed by atoms with Gasteiger partial charge in [0.1, 0.15) is 24.4 Å². The maximum Gasteiger partial charge on any atom is 0.253 e. The molecule has 0 aromatic rings. The number of amides is 1. The van der Waals surface area contributed by atoms with E-state index >= 15 is 0 Å². The maximum absolute atomic E-state index is 12.9. The van der Waals surface area contributed by atoms with Gasteiger partial charge in [-0.3, -0.25) is 4.79 Å². The molecule has 0 aliphatic carbocycles. The fourth-order valence-electron chi connectivity index (χ4n) is 6.23. The Morgan fingerprint density at radius 1 is 0.673 bits per heavy atom. The summed E-state index contributed by atoms with van der Waals surface area (Å²) in [4.78, 5) is 12.9. The van der Waals surface area contributed by atoms with E-state index in [1.54, 1.807) is 18.2 Å². The number of carbonyl (C=O) groups is 1. The second-order valence-electron chi connectivity index (χ2n) is 14.3. The van der Waals surface area contributed by atoms with Gasteiger partial charge in [-0.1, -0.05) is 178 Å². The number of allylic oxidation sites excluding steroid dienone is 7. The van der Waals surface area contributed by atoms with Crippen LogP contribution in [0.25, 0.3) is 0 Å². The number of hydrogen-bond donors (Lipinski definition) is 7. The summed E-state index contributed by atoms with van der Waals surface area (Å²) in [6.07, 6.45) is 29.4. The van der Waals surface area contributed by atoms with Crippen LogP contribution in [-0.4, -0.2) is 98.7 Å². The predicted molar refractivity (Wildman–Crippen MR) is 209 cm³/mol. The van der Waals surface area contributed by atoms with Gasteiger partial charge in [-0.25, -0.2) is 0 Å². The van der Waals surface area contributed by atoms with Crippen LogP contribution in [0.2, 0.25) is 0 Å². The van der Waals surface area contributed by atoms with Gasteiger partial charge in [-0.15, -0.1) is 0 Å². The summed E-state index contributed by atoms with van der Waals surface area (Å²) in [6.45, 7) is 3.46. The number of unbranched alkanes of at least 4 members (excludes halogenated alkanes) is 18. The standard InChI is InChI=1S/C42H75NO9/c1-3-5-7-9-11-13-14-15-16-17-18-19-20-21-23-24-26-28-30-35(45)34(33-51-42-40(49)39(48)38(47)37(32-44)52-42)43-41(50)36(46)31-29-27-25-22-12-10-8-6-4-2/h8,10,12,22,25,27,29,31,34-40,42,44-49H,3-7,9,11,13-21,23-24,26,28,30,32-33H2,1-2H3,(H,43,50). The van der Waals surface area contributed by atoms with Crippen molar-refractivity contribution in [3.63, 3.8) is 0 Å². The van der Waals surface area contributed by atoms with Crippen molar-refractivity contribution in [2.45, 2.75) is 198 Å². The van der Waals surface area contributed by atoms with Crippen molar-refractivity contribution in [3.05, 3.63) is 48.6 Å². The van der Waals surface area contributed by atoms with Crippen molar-refractivity contribution in [1.29, 1.82) is 0 Å². The molecule has 302 valence electrons. The molecule has 0 bridgehead atoms. The number of rotatable bonds is 32. The molecule has 0 saturated carbocycles. The molecule has 52 heavy (non-hydrogen) atoms. The number of carbonyl (C=O) groups excluding carboxylic acids is 1. The van der Waals surface area contributed by atoms with Gasteiger partial charge in [0, 0.05) is 0 Å². The van der Waals surface area contributed by atoms with Gasteiger partial charge >= 0.3 is 0 Å². The monoisotopic (exact) mass is 738 g/mol. The Balaban J connectivity index is 2.47. The molecule has 1 fully saturated rings. The predicted octanol–water partition coefficient (Wildman–Crippen LogP) is 6.47. The average molecular weight is 738 g/mol. The Hall–Kier alpha value is -1.89. The first-order valence-electron chi connectivity index (χ1n) is 20.5. The molecular formula is C42H75NO9. The van der Waals surface area contributed by atoms with Crippen molar-refractivity contribution >= 4 is 5.91 Å². The summed E-state index contributed by atoms with van der Waals surface area (Å²) >= 11 is 0. The third-order valence-corrected chi connectivity index (χ3v) is 9.64. The zero-order chi connectivity index (χ0) is 38.2. The van der Waals surface area contributed by atoms with Crippen molar-refractivity contribution in [3.8, 4) is 0 Å². The Morgan fingerprint density at radius 3 is 1.69 bits per heavy atom. The molecule has 0 radical (unpaired) electrons. The summed E-state index contributed by atoms with van der Waals surface area (Å²) in [5.41, 5.74) is 0. The van der Waals surface area contributed by atoms with Gasteiger partial charge in [0.05, 0.1) is 25.4 Å². The molecule has 7 N–H and O–H groups in total. The van der Waals surface area contributed by atoms with Crippen molar-refractivity contribution < 1.29 is 44.9 Å². The maximum atomic E-state index is 12.9. The molecule has 1 saturated heterocycles. The lowest BCUT2D eigenvalue weighted by Gasteiger charge is -2.40. The molecule has 1 rings (SSSR count). The molecular weight excluding hydrogens is 662 g/mol. The molecule has 0 aromatic carbocycles. The van der Waals surface area contributed by atoms with Crippen LogP contribution in [0.5, 0.6) is 0 Å². The normalized spacial score (nSPS) is 23.0. The summed E-state index contributed by atoms with van der Waals surface area (Å²) in [6, 6.07) is -0.956. The van der Waals surface area contributed by atoms with E-state index in [-0.39, 0.29) is 6.61 Å². The second-order valence-corrected chi connectivity index (χ2v) is 14.3. The van der Waals surface area contributed by atoms with Crippen LogP contribution in [-0.2, 0) is 14.3 Å². The van der Waals surface area contributed by atoms with Crippen LogP contribution in [0.15, 0.2) is 48.6 Å². The molecule has 1 amide bonds. The van der Waals surface area contributed by atoms with E-state index < -0.39 is 61.5 Å². The van der Waals surface area contributed by atoms with Crippen LogP contribution in [0.3, 0.4) is 0 Å². The van der Waals surface area contributed by atoms with E-state index in [1.165, 1.54) is 96.0 Å². The van der Waals surface area contributed by atoms with E-state index in [2.05, 4.69) is 25.2 Å². The van der Waals surface area contributed by atoms with E-state index in [4.69, 9.17) is 9.47 Å². The molecule has 10 heteroatoms. The number of aliphatic hydroxyl groups is 6. The van der Waals surface area contributed by atoms with Gasteiger partial charge < -0.3 is 45.4 Å². The molecule has 1 aliphatic rings. The van der Waals surface area contributed by atoms with Crippen molar-refractivity contribution in [2.75, 3.05) is 13.2 Å². The Morgan fingerprint density at radius 2 is 1.17 bits per heavy atom. The summed E-state index contributed by atoms with van der Waals surface area (Å²) in [5.74, 6) is -0.734. The highest BCUT2D eigenvalue weighted by Gasteiger charge is 2.44. The average Bonchev–Trinajstić information content (AvgIpc) is 3.14. The summed E-state index contributed by atoms with van der Waals surface area (Å²) in [5, 5.41) is 64.2.